The van der Waals surface area contributed by atoms with Crippen molar-refractivity contribution in [3.05, 3.63) is 59.7 Å². The second-order valence-corrected chi connectivity index (χ2v) is 10.2. The molecular formula is C28H34N2O5. The quantitative estimate of drug-likeness (QED) is 0.582. The van der Waals surface area contributed by atoms with Crippen LogP contribution in [0.15, 0.2) is 48.5 Å². The van der Waals surface area contributed by atoms with Crippen molar-refractivity contribution in [3.63, 3.8) is 0 Å². The molecule has 2 aliphatic rings. The molecule has 1 saturated heterocycles. The van der Waals surface area contributed by atoms with E-state index < -0.39 is 12.1 Å². The number of amides is 2. The molecule has 3 atom stereocenters. The van der Waals surface area contributed by atoms with Gasteiger partial charge >= 0.3 is 12.1 Å². The third-order valence-corrected chi connectivity index (χ3v) is 7.40. The number of nitrogens with zero attached hydrogens (tertiary/aromatic N) is 1. The summed E-state index contributed by atoms with van der Waals surface area (Å²) in [7, 11) is 0. The number of carbonyl (C=O) groups is 3. The van der Waals surface area contributed by atoms with Crippen molar-refractivity contribution in [2.45, 2.75) is 45.6 Å². The van der Waals surface area contributed by atoms with Crippen molar-refractivity contribution >= 4 is 18.0 Å². The van der Waals surface area contributed by atoms with Crippen LogP contribution in [0.25, 0.3) is 11.1 Å². The number of carboxylic acid groups (broad SMARTS) is 1. The van der Waals surface area contributed by atoms with Gasteiger partial charge in [0.05, 0.1) is 6.42 Å². The van der Waals surface area contributed by atoms with Gasteiger partial charge in [-0.1, -0.05) is 69.3 Å². The van der Waals surface area contributed by atoms with Crippen molar-refractivity contribution in [1.82, 2.24) is 10.2 Å². The van der Waals surface area contributed by atoms with Gasteiger partial charge in [0.15, 0.2) is 0 Å². The normalized spacial score (nSPS) is 19.8. The number of carbonyl (C=O) groups excluding carboxylic acids is 2. The molecule has 35 heavy (non-hydrogen) atoms. The van der Waals surface area contributed by atoms with Crippen LogP contribution in [0.2, 0.25) is 0 Å². The van der Waals surface area contributed by atoms with Crippen molar-refractivity contribution in [1.29, 1.82) is 0 Å². The molecule has 2 unspecified atom stereocenters. The topological polar surface area (TPSA) is 95.9 Å². The van der Waals surface area contributed by atoms with Crippen molar-refractivity contribution in [2.24, 2.45) is 17.8 Å². The summed E-state index contributed by atoms with van der Waals surface area (Å²) in [4.78, 5) is 38.5. The van der Waals surface area contributed by atoms with Crippen molar-refractivity contribution in [3.8, 4) is 11.1 Å². The number of ether oxygens (including phenoxy) is 1. The molecule has 0 radical (unpaired) electrons. The van der Waals surface area contributed by atoms with E-state index in [1.165, 1.54) is 11.1 Å². The molecule has 0 spiro atoms. The monoisotopic (exact) mass is 478 g/mol. The second-order valence-electron chi connectivity index (χ2n) is 10.2. The zero-order chi connectivity index (χ0) is 25.1. The lowest BCUT2D eigenvalue weighted by Crippen LogP contribution is -2.43. The number of rotatable bonds is 8. The number of aliphatic carboxylic acids is 1. The maximum Gasteiger partial charge on any atom is 0.407 e. The fraction of sp³-hybridized carbons (Fsp3) is 0.464. The van der Waals surface area contributed by atoms with Crippen molar-refractivity contribution in [2.75, 3.05) is 19.7 Å². The van der Waals surface area contributed by atoms with E-state index in [2.05, 4.69) is 29.6 Å². The van der Waals surface area contributed by atoms with E-state index in [9.17, 15) is 14.4 Å². The summed E-state index contributed by atoms with van der Waals surface area (Å²) >= 11 is 0. The Morgan fingerprint density at radius 2 is 1.63 bits per heavy atom. The van der Waals surface area contributed by atoms with Gasteiger partial charge in [0, 0.05) is 31.5 Å². The Kier molecular flexibility index (Phi) is 7.43. The lowest BCUT2D eigenvalue weighted by molar-refractivity contribution is -0.138. The fourth-order valence-electron chi connectivity index (χ4n) is 5.29. The lowest BCUT2D eigenvalue weighted by atomic mass is 9.95. The first-order valence-corrected chi connectivity index (χ1v) is 12.4. The molecule has 0 saturated carbocycles. The number of hydrogen-bond donors (Lipinski definition) is 2. The molecule has 2 aromatic carbocycles. The van der Waals surface area contributed by atoms with Crippen LogP contribution in [-0.4, -0.2) is 53.7 Å². The highest BCUT2D eigenvalue weighted by atomic mass is 16.5. The average molecular weight is 479 g/mol. The molecule has 1 fully saturated rings. The number of likely N-dealkylation sites (tertiary alicyclic amines) is 1. The van der Waals surface area contributed by atoms with Gasteiger partial charge in [-0.15, -0.1) is 0 Å². The molecule has 1 aliphatic carbocycles. The molecular weight excluding hydrogens is 444 g/mol. The van der Waals surface area contributed by atoms with Crippen LogP contribution in [0.5, 0.6) is 0 Å². The zero-order valence-corrected chi connectivity index (χ0v) is 20.6. The van der Waals surface area contributed by atoms with E-state index >= 15 is 0 Å². The van der Waals surface area contributed by atoms with E-state index in [4.69, 9.17) is 9.84 Å². The molecule has 2 aromatic rings. The highest BCUT2D eigenvalue weighted by molar-refractivity contribution is 5.80. The lowest BCUT2D eigenvalue weighted by Gasteiger charge is -2.25. The number of benzene rings is 2. The third kappa shape index (κ3) is 5.50. The van der Waals surface area contributed by atoms with E-state index in [0.717, 1.165) is 11.1 Å². The summed E-state index contributed by atoms with van der Waals surface area (Å²) in [5.41, 5.74) is 4.64. The average Bonchev–Trinajstić information content (AvgIpc) is 3.34. The van der Waals surface area contributed by atoms with E-state index in [1.807, 2.05) is 45.0 Å². The predicted molar refractivity (Wildman–Crippen MR) is 133 cm³/mol. The summed E-state index contributed by atoms with van der Waals surface area (Å²) in [5.74, 6) is -0.791. The number of fused-ring (bicyclic) bond motifs is 3. The van der Waals surface area contributed by atoms with Gasteiger partial charge in [0.2, 0.25) is 5.91 Å². The molecule has 2 amide bonds. The first kappa shape index (κ1) is 24.8. The molecule has 7 nitrogen and oxygen atoms in total. The van der Waals surface area contributed by atoms with E-state index in [0.29, 0.717) is 13.1 Å². The first-order chi connectivity index (χ1) is 16.7. The standard InChI is InChI=1S/C28H34N2O5/c1-17(2)25(13-26(31)30-14-18(3)19(15-30)12-27(32)33)29-28(34)35-16-24-22-10-6-4-8-20(22)21-9-5-7-11-23(21)24/h4-11,17-19,24-25H,12-16H2,1-3H3,(H,29,34)(H,32,33)/t18?,19?,25-/m1/s1. The Morgan fingerprint density at radius 3 is 2.20 bits per heavy atom. The predicted octanol–water partition coefficient (Wildman–Crippen LogP) is 4.51. The van der Waals surface area contributed by atoms with Crippen molar-refractivity contribution < 1.29 is 24.2 Å². The highest BCUT2D eigenvalue weighted by Gasteiger charge is 2.35. The maximum atomic E-state index is 12.9. The van der Waals surface area contributed by atoms with E-state index in [1.54, 1.807) is 4.90 Å². The summed E-state index contributed by atoms with van der Waals surface area (Å²) in [5, 5.41) is 12.0. The SMILES string of the molecule is CC1CN(C(=O)C[C@@H](NC(=O)OCC2c3ccccc3-c3ccccc32)C(C)C)CC1CC(=O)O. The molecule has 0 aromatic heterocycles. The summed E-state index contributed by atoms with van der Waals surface area (Å²) in [6, 6.07) is 16.0. The number of hydrogen-bond acceptors (Lipinski definition) is 4. The van der Waals surface area contributed by atoms with Gasteiger partial charge in [-0.2, -0.15) is 0 Å². The van der Waals surface area contributed by atoms with E-state index in [-0.39, 0.29) is 55.1 Å². The Balaban J connectivity index is 1.34. The summed E-state index contributed by atoms with van der Waals surface area (Å²) in [6.07, 6.45) is -0.304. The fourth-order valence-corrected chi connectivity index (χ4v) is 5.29. The zero-order valence-electron chi connectivity index (χ0n) is 20.6. The van der Waals surface area contributed by atoms with Crippen LogP contribution in [0, 0.1) is 17.8 Å². The van der Waals surface area contributed by atoms with Crippen LogP contribution in [-0.2, 0) is 14.3 Å². The minimum atomic E-state index is -0.840. The van der Waals surface area contributed by atoms with Gasteiger partial charge in [-0.3, -0.25) is 9.59 Å². The highest BCUT2D eigenvalue weighted by Crippen LogP contribution is 2.44. The van der Waals surface area contributed by atoms with Gasteiger partial charge in [-0.25, -0.2) is 4.79 Å². The summed E-state index contributed by atoms with van der Waals surface area (Å²) < 4.78 is 5.67. The van der Waals surface area contributed by atoms with Crippen LogP contribution >= 0.6 is 0 Å². The maximum absolute atomic E-state index is 12.9. The number of nitrogens with one attached hydrogen (secondary N) is 1. The molecule has 0 bridgehead atoms. The molecule has 1 heterocycles. The third-order valence-electron chi connectivity index (χ3n) is 7.40. The van der Waals surface area contributed by atoms with Gasteiger partial charge < -0.3 is 20.1 Å². The molecule has 2 N–H and O–H groups in total. The molecule has 7 heteroatoms. The van der Waals surface area contributed by atoms with Crippen LogP contribution < -0.4 is 5.32 Å². The van der Waals surface area contributed by atoms with Gasteiger partial charge in [0.1, 0.15) is 6.61 Å². The molecule has 186 valence electrons. The largest absolute Gasteiger partial charge is 0.481 e. The van der Waals surface area contributed by atoms with Gasteiger partial charge in [0.25, 0.3) is 0 Å². The number of carboxylic acids is 1. The Hall–Kier alpha value is -3.35. The Labute approximate surface area is 206 Å². The Bertz CT molecular complexity index is 1050. The second kappa shape index (κ2) is 10.5. The van der Waals surface area contributed by atoms with Crippen LogP contribution in [0.1, 0.15) is 50.7 Å². The van der Waals surface area contributed by atoms with Crippen LogP contribution in [0.4, 0.5) is 4.79 Å². The van der Waals surface area contributed by atoms with Crippen LogP contribution in [0.3, 0.4) is 0 Å². The minimum Gasteiger partial charge on any atom is -0.481 e. The molecule has 4 rings (SSSR count). The Morgan fingerprint density at radius 1 is 1.03 bits per heavy atom. The summed E-state index contributed by atoms with van der Waals surface area (Å²) in [6.45, 7) is 7.12. The first-order valence-electron chi connectivity index (χ1n) is 12.4. The molecule has 1 aliphatic heterocycles. The van der Waals surface area contributed by atoms with Gasteiger partial charge in [-0.05, 0) is 40.0 Å². The number of alkyl carbamates (subject to hydrolysis) is 1. The smallest absolute Gasteiger partial charge is 0.407 e. The minimum absolute atomic E-state index is 0.0236.